The van der Waals surface area contributed by atoms with Gasteiger partial charge in [-0.3, -0.25) is 4.79 Å². The van der Waals surface area contributed by atoms with Gasteiger partial charge in [0.05, 0.1) is 5.69 Å². The lowest BCUT2D eigenvalue weighted by Gasteiger charge is -2.13. The fourth-order valence-electron chi connectivity index (χ4n) is 1.20. The van der Waals surface area contributed by atoms with Gasteiger partial charge in [-0.1, -0.05) is 19.1 Å². The smallest absolute Gasteiger partial charge is 0.341 e. The van der Waals surface area contributed by atoms with E-state index >= 15 is 0 Å². The Balaban J connectivity index is 2.75. The number of hydrogen-bond acceptors (Lipinski definition) is 4. The highest BCUT2D eigenvalue weighted by molar-refractivity contribution is 5.93. The zero-order valence-electron chi connectivity index (χ0n) is 10.1. The Morgan fingerprint density at radius 2 is 2.11 bits per heavy atom. The van der Waals surface area contributed by atoms with Gasteiger partial charge < -0.3 is 20.9 Å². The van der Waals surface area contributed by atoms with Crippen molar-refractivity contribution in [3.05, 3.63) is 24.3 Å². The van der Waals surface area contributed by atoms with Crippen LogP contribution in [0.2, 0.25) is 0 Å². The van der Waals surface area contributed by atoms with Crippen molar-refractivity contribution in [3.63, 3.8) is 0 Å². The van der Waals surface area contributed by atoms with E-state index in [0.29, 0.717) is 11.4 Å². The van der Waals surface area contributed by atoms with Gasteiger partial charge in [-0.25, -0.2) is 4.79 Å². The third-order valence-electron chi connectivity index (χ3n) is 2.30. The van der Waals surface area contributed by atoms with Crippen molar-refractivity contribution < 1.29 is 19.4 Å². The van der Waals surface area contributed by atoms with Crippen LogP contribution in [0.25, 0.3) is 0 Å². The Morgan fingerprint density at radius 1 is 1.44 bits per heavy atom. The maximum absolute atomic E-state index is 11.7. The number of nitrogens with two attached hydrogens (primary N) is 1. The summed E-state index contributed by atoms with van der Waals surface area (Å²) in [6.45, 7) is 1.49. The predicted octanol–water partition coefficient (Wildman–Crippen LogP) is 0.683. The van der Waals surface area contributed by atoms with Crippen LogP contribution >= 0.6 is 0 Å². The third kappa shape index (κ3) is 4.06. The van der Waals surface area contributed by atoms with Crippen LogP contribution in [0.4, 0.5) is 5.69 Å². The topological polar surface area (TPSA) is 102 Å². The van der Waals surface area contributed by atoms with Crippen LogP contribution in [0.5, 0.6) is 5.75 Å². The van der Waals surface area contributed by atoms with E-state index in [1.807, 2.05) is 0 Å². The second-order valence-corrected chi connectivity index (χ2v) is 3.80. The number of carboxylic acid groups (broad SMARTS) is 1. The van der Waals surface area contributed by atoms with Gasteiger partial charge in [0.1, 0.15) is 5.75 Å². The van der Waals surface area contributed by atoms with E-state index in [1.54, 1.807) is 31.2 Å². The number of ether oxygens (including phenoxy) is 1. The van der Waals surface area contributed by atoms with Crippen molar-refractivity contribution in [2.45, 2.75) is 6.92 Å². The maximum atomic E-state index is 11.7. The summed E-state index contributed by atoms with van der Waals surface area (Å²) in [5.74, 6) is -1.31. The molecule has 0 bridgehead atoms. The molecule has 1 atom stereocenters. The number of nitrogens with one attached hydrogen (secondary N) is 1. The molecule has 0 saturated heterocycles. The van der Waals surface area contributed by atoms with Crippen molar-refractivity contribution in [2.75, 3.05) is 18.5 Å². The molecule has 0 aliphatic carbocycles. The maximum Gasteiger partial charge on any atom is 0.341 e. The van der Waals surface area contributed by atoms with E-state index in [4.69, 9.17) is 15.6 Å². The fraction of sp³-hybridized carbons (Fsp3) is 0.333. The highest BCUT2D eigenvalue weighted by Crippen LogP contribution is 2.24. The summed E-state index contributed by atoms with van der Waals surface area (Å²) in [6, 6.07) is 6.64. The number of carbonyl (C=O) groups excluding carboxylic acids is 1. The minimum Gasteiger partial charge on any atom is -0.480 e. The van der Waals surface area contributed by atoms with Crippen molar-refractivity contribution in [1.29, 1.82) is 0 Å². The molecule has 98 valence electrons. The number of benzene rings is 1. The number of anilines is 1. The van der Waals surface area contributed by atoms with E-state index in [9.17, 15) is 9.59 Å². The van der Waals surface area contributed by atoms with Crippen LogP contribution in [0.3, 0.4) is 0 Å². The summed E-state index contributed by atoms with van der Waals surface area (Å²) in [5.41, 5.74) is 5.83. The monoisotopic (exact) mass is 252 g/mol. The average Bonchev–Trinajstić information content (AvgIpc) is 2.36. The highest BCUT2D eigenvalue weighted by Gasteiger charge is 2.13. The van der Waals surface area contributed by atoms with Gasteiger partial charge in [0.25, 0.3) is 0 Å². The number of hydrogen-bond donors (Lipinski definition) is 3. The van der Waals surface area contributed by atoms with Gasteiger partial charge in [-0.2, -0.15) is 0 Å². The first kappa shape index (κ1) is 14.0. The lowest BCUT2D eigenvalue weighted by Crippen LogP contribution is -2.27. The largest absolute Gasteiger partial charge is 0.480 e. The number of aliphatic carboxylic acids is 1. The molecule has 1 aromatic rings. The molecule has 0 radical (unpaired) electrons. The molecule has 6 nitrogen and oxygen atoms in total. The molecule has 18 heavy (non-hydrogen) atoms. The Labute approximate surface area is 105 Å². The molecule has 0 spiro atoms. The van der Waals surface area contributed by atoms with Gasteiger partial charge in [0.15, 0.2) is 6.61 Å². The predicted molar refractivity (Wildman–Crippen MR) is 66.4 cm³/mol. The molecule has 0 fully saturated rings. The van der Waals surface area contributed by atoms with E-state index in [-0.39, 0.29) is 18.4 Å². The zero-order chi connectivity index (χ0) is 13.5. The second kappa shape index (κ2) is 6.61. The number of carbonyl (C=O) groups is 2. The summed E-state index contributed by atoms with van der Waals surface area (Å²) in [4.78, 5) is 22.1. The van der Waals surface area contributed by atoms with Crippen LogP contribution in [0.1, 0.15) is 6.92 Å². The van der Waals surface area contributed by atoms with Gasteiger partial charge >= 0.3 is 5.97 Å². The first-order valence-corrected chi connectivity index (χ1v) is 5.49. The minimum atomic E-state index is -1.08. The number of carboxylic acids is 1. The molecule has 1 rings (SSSR count). The lowest BCUT2D eigenvalue weighted by molar-refractivity contribution is -0.139. The summed E-state index contributed by atoms with van der Waals surface area (Å²) >= 11 is 0. The van der Waals surface area contributed by atoms with Gasteiger partial charge in [-0.05, 0) is 12.1 Å². The van der Waals surface area contributed by atoms with Gasteiger partial charge in [0.2, 0.25) is 5.91 Å². The SMILES string of the molecule is CC(CN)C(=O)Nc1ccccc1OCC(=O)O. The molecule has 0 aromatic heterocycles. The van der Waals surface area contributed by atoms with Gasteiger partial charge in [0, 0.05) is 12.5 Å². The molecule has 4 N–H and O–H groups in total. The summed E-state index contributed by atoms with van der Waals surface area (Å²) < 4.78 is 5.07. The highest BCUT2D eigenvalue weighted by atomic mass is 16.5. The summed E-state index contributed by atoms with van der Waals surface area (Å²) in [6.07, 6.45) is 0. The second-order valence-electron chi connectivity index (χ2n) is 3.80. The Hall–Kier alpha value is -2.08. The lowest BCUT2D eigenvalue weighted by atomic mass is 10.1. The van der Waals surface area contributed by atoms with Crippen LogP contribution in [-0.2, 0) is 9.59 Å². The Morgan fingerprint density at radius 3 is 2.72 bits per heavy atom. The molecule has 6 heteroatoms. The molecule has 0 saturated carbocycles. The number of rotatable bonds is 6. The summed E-state index contributed by atoms with van der Waals surface area (Å²) in [7, 11) is 0. The van der Waals surface area contributed by atoms with Crippen molar-refractivity contribution in [2.24, 2.45) is 11.7 Å². The van der Waals surface area contributed by atoms with E-state index < -0.39 is 12.6 Å². The standard InChI is InChI=1S/C12H16N2O4/c1-8(6-13)12(17)14-9-4-2-3-5-10(9)18-7-11(15)16/h2-5,8H,6-7,13H2,1H3,(H,14,17)(H,15,16). The normalized spacial score (nSPS) is 11.7. The molecule has 1 unspecified atom stereocenters. The molecule has 1 amide bonds. The fourth-order valence-corrected chi connectivity index (χ4v) is 1.20. The quantitative estimate of drug-likeness (QED) is 0.691. The summed E-state index contributed by atoms with van der Waals surface area (Å²) in [5, 5.41) is 11.2. The molecular formula is C12H16N2O4. The minimum absolute atomic E-state index is 0.233. The van der Waals surface area contributed by atoms with E-state index in [1.165, 1.54) is 0 Å². The molecule has 0 heterocycles. The number of amides is 1. The van der Waals surface area contributed by atoms with Crippen LogP contribution in [-0.4, -0.2) is 30.1 Å². The van der Waals surface area contributed by atoms with Crippen molar-refractivity contribution in [1.82, 2.24) is 0 Å². The van der Waals surface area contributed by atoms with Crippen molar-refractivity contribution in [3.8, 4) is 5.75 Å². The van der Waals surface area contributed by atoms with Gasteiger partial charge in [-0.15, -0.1) is 0 Å². The van der Waals surface area contributed by atoms with Crippen LogP contribution < -0.4 is 15.8 Å². The molecule has 0 aliphatic heterocycles. The first-order chi connectivity index (χ1) is 8.54. The third-order valence-corrected chi connectivity index (χ3v) is 2.30. The first-order valence-electron chi connectivity index (χ1n) is 5.49. The average molecular weight is 252 g/mol. The Bertz CT molecular complexity index is 434. The van der Waals surface area contributed by atoms with E-state index in [0.717, 1.165) is 0 Å². The molecule has 0 aliphatic rings. The van der Waals surface area contributed by atoms with Crippen LogP contribution in [0.15, 0.2) is 24.3 Å². The Kier molecular flexibility index (Phi) is 5.13. The zero-order valence-corrected chi connectivity index (χ0v) is 10.1. The van der Waals surface area contributed by atoms with Crippen LogP contribution in [0, 0.1) is 5.92 Å². The van der Waals surface area contributed by atoms with Crippen molar-refractivity contribution >= 4 is 17.6 Å². The molecule has 1 aromatic carbocycles. The van der Waals surface area contributed by atoms with E-state index in [2.05, 4.69) is 5.32 Å². The number of para-hydroxylation sites is 2. The molecular weight excluding hydrogens is 236 g/mol.